The Morgan fingerprint density at radius 1 is 1.63 bits per heavy atom. The van der Waals surface area contributed by atoms with Gasteiger partial charge in [-0.05, 0) is 25.3 Å². The Morgan fingerprint density at radius 2 is 2.47 bits per heavy atom. The Kier molecular flexibility index (Phi) is 5.10. The second-order valence-corrected chi connectivity index (χ2v) is 5.28. The quantitative estimate of drug-likeness (QED) is 0.837. The molecule has 1 aromatic rings. The standard InChI is InChI=1S/C14H21N3OS/c1-2-8-18-11-4-3-7-17(10-11)13-9-16-6-5-12(13)14(15)19/h5-6,9,11H,2-4,7-8,10H2,1H3,(H2,15,19). The summed E-state index contributed by atoms with van der Waals surface area (Å²) in [5, 5.41) is 0. The first-order valence-corrected chi connectivity index (χ1v) is 7.23. The molecule has 0 amide bonds. The van der Waals surface area contributed by atoms with Crippen LogP contribution in [0.2, 0.25) is 0 Å². The number of thiocarbonyl (C=S) groups is 1. The van der Waals surface area contributed by atoms with Gasteiger partial charge in [-0.1, -0.05) is 19.1 Å². The van der Waals surface area contributed by atoms with Gasteiger partial charge in [0.2, 0.25) is 0 Å². The number of piperidine rings is 1. The molecule has 4 nitrogen and oxygen atoms in total. The van der Waals surface area contributed by atoms with E-state index in [2.05, 4.69) is 16.8 Å². The minimum Gasteiger partial charge on any atom is -0.389 e. The molecule has 0 spiro atoms. The van der Waals surface area contributed by atoms with Crippen LogP contribution in [0.5, 0.6) is 0 Å². The van der Waals surface area contributed by atoms with E-state index in [4.69, 9.17) is 22.7 Å². The summed E-state index contributed by atoms with van der Waals surface area (Å²) < 4.78 is 5.86. The van der Waals surface area contributed by atoms with Gasteiger partial charge in [0.05, 0.1) is 18.0 Å². The van der Waals surface area contributed by atoms with Gasteiger partial charge >= 0.3 is 0 Å². The van der Waals surface area contributed by atoms with Crippen molar-refractivity contribution in [2.75, 3.05) is 24.6 Å². The lowest BCUT2D eigenvalue weighted by atomic mass is 10.1. The van der Waals surface area contributed by atoms with Gasteiger partial charge in [0.1, 0.15) is 4.99 Å². The van der Waals surface area contributed by atoms with E-state index >= 15 is 0 Å². The number of rotatable bonds is 5. The second kappa shape index (κ2) is 6.82. The molecule has 0 radical (unpaired) electrons. The monoisotopic (exact) mass is 279 g/mol. The molecule has 104 valence electrons. The second-order valence-electron chi connectivity index (χ2n) is 4.84. The fourth-order valence-electron chi connectivity index (χ4n) is 2.42. The molecule has 2 rings (SSSR count). The van der Waals surface area contributed by atoms with E-state index in [0.29, 0.717) is 11.1 Å². The number of anilines is 1. The zero-order valence-electron chi connectivity index (χ0n) is 11.3. The number of hydrogen-bond donors (Lipinski definition) is 1. The Hall–Kier alpha value is -1.20. The predicted molar refractivity (Wildman–Crippen MR) is 81.6 cm³/mol. The highest BCUT2D eigenvalue weighted by Gasteiger charge is 2.22. The SMILES string of the molecule is CCCOC1CCCN(c2cnccc2C(N)=S)C1. The molecule has 19 heavy (non-hydrogen) atoms. The summed E-state index contributed by atoms with van der Waals surface area (Å²) in [6.07, 6.45) is 7.18. The van der Waals surface area contributed by atoms with E-state index in [0.717, 1.165) is 50.2 Å². The van der Waals surface area contributed by atoms with Crippen LogP contribution in [0.25, 0.3) is 0 Å². The van der Waals surface area contributed by atoms with Gasteiger partial charge in [-0.2, -0.15) is 0 Å². The van der Waals surface area contributed by atoms with Gasteiger partial charge in [0, 0.05) is 31.5 Å². The van der Waals surface area contributed by atoms with Crippen LogP contribution in [-0.2, 0) is 4.74 Å². The van der Waals surface area contributed by atoms with Crippen LogP contribution in [0.3, 0.4) is 0 Å². The fourth-order valence-corrected chi connectivity index (χ4v) is 2.60. The molecule has 5 heteroatoms. The average Bonchev–Trinajstić information content (AvgIpc) is 2.45. The van der Waals surface area contributed by atoms with Crippen molar-refractivity contribution < 1.29 is 4.74 Å². The van der Waals surface area contributed by atoms with E-state index in [1.54, 1.807) is 6.20 Å². The molecule has 2 heterocycles. The molecular weight excluding hydrogens is 258 g/mol. The maximum atomic E-state index is 5.86. The summed E-state index contributed by atoms with van der Waals surface area (Å²) in [5.41, 5.74) is 7.71. The van der Waals surface area contributed by atoms with Gasteiger partial charge in [-0.3, -0.25) is 4.98 Å². The Bertz CT molecular complexity index is 438. The molecule has 1 atom stereocenters. The van der Waals surface area contributed by atoms with Crippen molar-refractivity contribution >= 4 is 22.9 Å². The van der Waals surface area contributed by atoms with Crippen LogP contribution in [0.15, 0.2) is 18.5 Å². The van der Waals surface area contributed by atoms with Gasteiger partial charge in [-0.25, -0.2) is 0 Å². The molecular formula is C14H21N3OS. The van der Waals surface area contributed by atoms with E-state index in [9.17, 15) is 0 Å². The van der Waals surface area contributed by atoms with E-state index in [1.807, 2.05) is 12.3 Å². The lowest BCUT2D eigenvalue weighted by molar-refractivity contribution is 0.0440. The number of nitrogens with two attached hydrogens (primary N) is 1. The lowest BCUT2D eigenvalue weighted by Gasteiger charge is -2.35. The first-order valence-electron chi connectivity index (χ1n) is 6.82. The minimum absolute atomic E-state index is 0.299. The molecule has 1 aliphatic rings. The van der Waals surface area contributed by atoms with Crippen LogP contribution in [0.4, 0.5) is 5.69 Å². The molecule has 0 saturated carbocycles. The zero-order valence-corrected chi connectivity index (χ0v) is 12.2. The maximum absolute atomic E-state index is 5.86. The summed E-state index contributed by atoms with van der Waals surface area (Å²) in [4.78, 5) is 6.90. The van der Waals surface area contributed by atoms with Crippen molar-refractivity contribution in [1.82, 2.24) is 4.98 Å². The normalized spacial score (nSPS) is 19.4. The fraction of sp³-hybridized carbons (Fsp3) is 0.571. The summed E-state index contributed by atoms with van der Waals surface area (Å²) >= 11 is 5.11. The van der Waals surface area contributed by atoms with E-state index in [1.165, 1.54) is 0 Å². The van der Waals surface area contributed by atoms with E-state index < -0.39 is 0 Å². The Balaban J connectivity index is 2.11. The van der Waals surface area contributed by atoms with Gasteiger partial charge in [0.25, 0.3) is 0 Å². The molecule has 1 saturated heterocycles. The van der Waals surface area contributed by atoms with Crippen LogP contribution < -0.4 is 10.6 Å². The third-order valence-corrected chi connectivity index (χ3v) is 3.56. The Morgan fingerprint density at radius 3 is 3.21 bits per heavy atom. The number of hydrogen-bond acceptors (Lipinski definition) is 4. The third-order valence-electron chi connectivity index (χ3n) is 3.34. The smallest absolute Gasteiger partial charge is 0.106 e. The third kappa shape index (κ3) is 3.64. The van der Waals surface area contributed by atoms with Crippen molar-refractivity contribution in [1.29, 1.82) is 0 Å². The Labute approximate surface area is 120 Å². The number of pyridine rings is 1. The van der Waals surface area contributed by atoms with Crippen molar-refractivity contribution in [3.05, 3.63) is 24.0 Å². The van der Waals surface area contributed by atoms with Crippen LogP contribution in [-0.4, -0.2) is 35.8 Å². The molecule has 1 fully saturated rings. The van der Waals surface area contributed by atoms with Gasteiger partial charge in [0.15, 0.2) is 0 Å². The summed E-state index contributed by atoms with van der Waals surface area (Å²) in [6, 6.07) is 1.88. The summed E-state index contributed by atoms with van der Waals surface area (Å²) in [7, 11) is 0. The van der Waals surface area contributed by atoms with Gasteiger partial charge in [-0.15, -0.1) is 0 Å². The van der Waals surface area contributed by atoms with E-state index in [-0.39, 0.29) is 0 Å². The molecule has 1 unspecified atom stereocenters. The molecule has 0 aliphatic carbocycles. The van der Waals surface area contributed by atoms with Crippen molar-refractivity contribution in [3.63, 3.8) is 0 Å². The topological polar surface area (TPSA) is 51.4 Å². The summed E-state index contributed by atoms with van der Waals surface area (Å²) in [6.45, 7) is 4.86. The van der Waals surface area contributed by atoms with Crippen LogP contribution in [0, 0.1) is 0 Å². The predicted octanol–water partition coefficient (Wildman–Crippen LogP) is 2.11. The minimum atomic E-state index is 0.299. The largest absolute Gasteiger partial charge is 0.389 e. The molecule has 0 aromatic carbocycles. The molecule has 1 aliphatic heterocycles. The number of ether oxygens (including phenoxy) is 1. The molecule has 2 N–H and O–H groups in total. The average molecular weight is 279 g/mol. The highest BCUT2D eigenvalue weighted by Crippen LogP contribution is 2.24. The lowest BCUT2D eigenvalue weighted by Crippen LogP contribution is -2.40. The zero-order chi connectivity index (χ0) is 13.7. The number of aromatic nitrogens is 1. The van der Waals surface area contributed by atoms with Crippen molar-refractivity contribution in [3.8, 4) is 0 Å². The maximum Gasteiger partial charge on any atom is 0.106 e. The summed E-state index contributed by atoms with van der Waals surface area (Å²) in [5.74, 6) is 0. The van der Waals surface area contributed by atoms with Crippen LogP contribution in [0.1, 0.15) is 31.7 Å². The molecule has 1 aromatic heterocycles. The first kappa shape index (κ1) is 14.2. The van der Waals surface area contributed by atoms with Crippen LogP contribution >= 0.6 is 12.2 Å². The first-order chi connectivity index (χ1) is 9.22. The highest BCUT2D eigenvalue weighted by atomic mass is 32.1. The number of nitrogens with zero attached hydrogens (tertiary/aromatic N) is 2. The molecule has 0 bridgehead atoms. The van der Waals surface area contributed by atoms with Crippen molar-refractivity contribution in [2.45, 2.75) is 32.3 Å². The highest BCUT2D eigenvalue weighted by molar-refractivity contribution is 7.80. The van der Waals surface area contributed by atoms with Gasteiger partial charge < -0.3 is 15.4 Å². The van der Waals surface area contributed by atoms with Crippen molar-refractivity contribution in [2.24, 2.45) is 5.73 Å².